The van der Waals surface area contributed by atoms with Gasteiger partial charge >= 0.3 is 12.7 Å². The molecule has 3 atom stereocenters. The van der Waals surface area contributed by atoms with E-state index in [4.69, 9.17) is 16.6 Å². The fourth-order valence-electron chi connectivity index (χ4n) is 5.67. The maximum absolute atomic E-state index is 14.0. The molecule has 3 aliphatic heterocycles. The van der Waals surface area contributed by atoms with Crippen LogP contribution in [-0.2, 0) is 10.2 Å². The highest BCUT2D eigenvalue weighted by molar-refractivity contribution is 7.87. The summed E-state index contributed by atoms with van der Waals surface area (Å²) in [7, 11) is -4.58. The highest BCUT2D eigenvalue weighted by Crippen LogP contribution is 2.46. The van der Waals surface area contributed by atoms with Gasteiger partial charge in [-0.15, -0.1) is 11.3 Å². The van der Waals surface area contributed by atoms with Crippen LogP contribution in [0.4, 0.5) is 26.3 Å². The van der Waals surface area contributed by atoms with E-state index >= 15 is 0 Å². The maximum atomic E-state index is 14.0. The molecule has 2 fully saturated rings. The SMILES string of the molecule is O=S(=O)(N[C@H]1CC2=C(c3ccn(C(F)F)n3)[C@H](c3ccc(F)cc3Cl)N=C(c3nccs3)N2C1)N1CCC[C@H]1C(F)(F)F. The summed E-state index contributed by atoms with van der Waals surface area (Å²) >= 11 is 7.67. The number of nitrogens with zero attached hydrogens (tertiary/aromatic N) is 6. The number of hydrogen-bond donors (Lipinski definition) is 1. The van der Waals surface area contributed by atoms with Gasteiger partial charge in [0.25, 0.3) is 10.2 Å². The zero-order valence-corrected chi connectivity index (χ0v) is 24.2. The number of aliphatic imine (C=N–C) groups is 1. The monoisotopic (exact) mass is 665 g/mol. The Morgan fingerprint density at radius 1 is 1.19 bits per heavy atom. The lowest BCUT2D eigenvalue weighted by atomic mass is 9.92. The molecule has 2 saturated heterocycles. The third-order valence-corrected chi connectivity index (χ3v) is 10.2. The molecule has 0 unspecified atom stereocenters. The first-order valence-corrected chi connectivity index (χ1v) is 15.7. The van der Waals surface area contributed by atoms with Crippen LogP contribution >= 0.6 is 22.9 Å². The molecule has 230 valence electrons. The number of benzene rings is 1. The molecule has 9 nitrogen and oxygen atoms in total. The summed E-state index contributed by atoms with van der Waals surface area (Å²) in [6, 6.07) is 0.963. The average molecular weight is 666 g/mol. The second-order valence-electron chi connectivity index (χ2n) is 10.1. The first-order chi connectivity index (χ1) is 20.3. The van der Waals surface area contributed by atoms with Crippen LogP contribution in [0.15, 0.2) is 52.7 Å². The van der Waals surface area contributed by atoms with E-state index in [1.54, 1.807) is 10.3 Å². The quantitative estimate of drug-likeness (QED) is 0.342. The molecule has 3 aliphatic rings. The normalized spacial score (nSPS) is 23.4. The van der Waals surface area contributed by atoms with Gasteiger partial charge in [-0.3, -0.25) is 4.99 Å². The van der Waals surface area contributed by atoms with E-state index in [1.807, 2.05) is 0 Å². The summed E-state index contributed by atoms with van der Waals surface area (Å²) in [6.45, 7) is -3.28. The minimum atomic E-state index is -4.73. The Kier molecular flexibility index (Phi) is 7.81. The topological polar surface area (TPSA) is 95.7 Å². The van der Waals surface area contributed by atoms with Crippen LogP contribution in [0, 0.1) is 5.82 Å². The van der Waals surface area contributed by atoms with Crippen molar-refractivity contribution in [3.63, 3.8) is 0 Å². The van der Waals surface area contributed by atoms with Crippen molar-refractivity contribution in [3.05, 3.63) is 74.8 Å². The molecule has 0 bridgehead atoms. The van der Waals surface area contributed by atoms with Crippen molar-refractivity contribution < 1.29 is 34.8 Å². The van der Waals surface area contributed by atoms with E-state index in [0.29, 0.717) is 36.7 Å². The van der Waals surface area contributed by atoms with Gasteiger partial charge < -0.3 is 4.90 Å². The highest BCUT2D eigenvalue weighted by Gasteiger charge is 2.51. The van der Waals surface area contributed by atoms with Crippen LogP contribution < -0.4 is 4.72 Å². The standard InChI is InChI=1S/C25H22ClF6N7O2S2/c26-16-10-13(27)3-4-15(16)21-20(17-5-8-38(35-17)24(28)29)18-11-14(12-37(18)22(34-21)23-33-6-9-42-23)36-43(40,41)39-7-1-2-19(39)25(30,31)32/h3-6,8-10,14,19,21,24,36H,1-2,7,11-12H2/t14-,19-,21-/m0/s1. The van der Waals surface area contributed by atoms with Crippen molar-refractivity contribution in [1.82, 2.24) is 28.7 Å². The molecule has 1 aromatic carbocycles. The number of rotatable bonds is 7. The van der Waals surface area contributed by atoms with E-state index in [0.717, 1.165) is 12.3 Å². The first-order valence-electron chi connectivity index (χ1n) is 13.0. The lowest BCUT2D eigenvalue weighted by Gasteiger charge is -2.32. The van der Waals surface area contributed by atoms with Crippen molar-refractivity contribution in [2.45, 2.75) is 50.1 Å². The molecule has 0 amide bonds. The molecule has 43 heavy (non-hydrogen) atoms. The van der Waals surface area contributed by atoms with Crippen molar-refractivity contribution >= 4 is 44.6 Å². The molecule has 0 radical (unpaired) electrons. The zero-order valence-electron chi connectivity index (χ0n) is 21.8. The van der Waals surface area contributed by atoms with E-state index in [9.17, 15) is 34.8 Å². The number of nitrogens with one attached hydrogen (secondary N) is 1. The summed E-state index contributed by atoms with van der Waals surface area (Å²) in [5.74, 6) is -0.302. The molecule has 6 rings (SSSR count). The Bertz CT molecular complexity index is 1690. The van der Waals surface area contributed by atoms with E-state index in [1.165, 1.54) is 35.7 Å². The minimum Gasteiger partial charge on any atom is -0.326 e. The molecule has 2 aromatic heterocycles. The predicted molar refractivity (Wildman–Crippen MR) is 146 cm³/mol. The number of aromatic nitrogens is 3. The van der Waals surface area contributed by atoms with Crippen molar-refractivity contribution in [1.29, 1.82) is 0 Å². The van der Waals surface area contributed by atoms with E-state index < -0.39 is 46.9 Å². The number of alkyl halides is 5. The smallest absolute Gasteiger partial charge is 0.326 e. The van der Waals surface area contributed by atoms with Crippen LogP contribution in [0.3, 0.4) is 0 Å². The van der Waals surface area contributed by atoms with Crippen LogP contribution in [0.5, 0.6) is 0 Å². The number of halogens is 7. The lowest BCUT2D eigenvalue weighted by Crippen LogP contribution is -2.52. The Labute approximate surface area is 250 Å². The molecule has 5 heterocycles. The third-order valence-electron chi connectivity index (χ3n) is 7.43. The van der Waals surface area contributed by atoms with Crippen molar-refractivity contribution in [2.75, 3.05) is 13.1 Å². The lowest BCUT2D eigenvalue weighted by molar-refractivity contribution is -0.165. The molecule has 18 heteroatoms. The van der Waals surface area contributed by atoms with Gasteiger partial charge in [-0.25, -0.2) is 14.1 Å². The Morgan fingerprint density at radius 3 is 2.63 bits per heavy atom. The molecule has 0 saturated carbocycles. The van der Waals surface area contributed by atoms with Gasteiger partial charge in [0.2, 0.25) is 0 Å². The van der Waals surface area contributed by atoms with E-state index in [-0.39, 0.29) is 43.1 Å². The summed E-state index contributed by atoms with van der Waals surface area (Å²) in [4.78, 5) is 10.8. The molecular weight excluding hydrogens is 644 g/mol. The fraction of sp³-hybridized carbons (Fsp3) is 0.400. The number of thiazole rings is 1. The van der Waals surface area contributed by atoms with Gasteiger partial charge in [0, 0.05) is 65.2 Å². The molecule has 0 spiro atoms. The third kappa shape index (κ3) is 5.68. The Balaban J connectivity index is 1.45. The maximum Gasteiger partial charge on any atom is 0.405 e. The molecule has 0 aliphatic carbocycles. The van der Waals surface area contributed by atoms with E-state index in [2.05, 4.69) is 14.8 Å². The average Bonchev–Trinajstić information content (AvgIpc) is 3.73. The number of fused-ring (bicyclic) bond motifs is 1. The zero-order chi connectivity index (χ0) is 30.7. The van der Waals surface area contributed by atoms with Crippen LogP contribution in [0.1, 0.15) is 48.1 Å². The van der Waals surface area contributed by atoms with Gasteiger partial charge in [0.15, 0.2) is 10.8 Å². The number of hydrogen-bond acceptors (Lipinski definition) is 7. The fourth-order valence-corrected chi connectivity index (χ4v) is 8.22. The minimum absolute atomic E-state index is 0.00885. The predicted octanol–water partition coefficient (Wildman–Crippen LogP) is 5.38. The van der Waals surface area contributed by atoms with Gasteiger partial charge in [0.05, 0.1) is 5.69 Å². The summed E-state index contributed by atoms with van der Waals surface area (Å²) in [6.07, 6.45) is -2.45. The first kappa shape index (κ1) is 30.1. The van der Waals surface area contributed by atoms with Gasteiger partial charge in [-0.05, 0) is 31.0 Å². The van der Waals surface area contributed by atoms with Crippen molar-refractivity contribution in [3.8, 4) is 0 Å². The van der Waals surface area contributed by atoms with Crippen LogP contribution in [0.25, 0.3) is 5.57 Å². The van der Waals surface area contributed by atoms with Crippen LogP contribution in [0.2, 0.25) is 5.02 Å². The largest absolute Gasteiger partial charge is 0.405 e. The summed E-state index contributed by atoms with van der Waals surface area (Å²) in [5, 5.41) is 6.16. The van der Waals surface area contributed by atoms with Crippen molar-refractivity contribution in [2.24, 2.45) is 4.99 Å². The van der Waals surface area contributed by atoms with Gasteiger partial charge in [-0.2, -0.15) is 44.5 Å². The molecule has 3 aromatic rings. The van der Waals surface area contributed by atoms with Gasteiger partial charge in [-0.1, -0.05) is 17.7 Å². The summed E-state index contributed by atoms with van der Waals surface area (Å²) < 4.78 is 112. The second-order valence-corrected chi connectivity index (χ2v) is 13.1. The Hall–Kier alpha value is -2.99. The highest BCUT2D eigenvalue weighted by atomic mass is 35.5. The molecule has 1 N–H and O–H groups in total. The molecular formula is C25H22ClF6N7O2S2. The number of amidine groups is 1. The second kappa shape index (κ2) is 11.2. The Morgan fingerprint density at radius 2 is 1.98 bits per heavy atom. The summed E-state index contributed by atoms with van der Waals surface area (Å²) in [5.41, 5.74) is 1.17. The van der Waals surface area contributed by atoms with Crippen LogP contribution in [-0.4, -0.2) is 69.6 Å². The van der Waals surface area contributed by atoms with Gasteiger partial charge in [0.1, 0.15) is 17.9 Å².